The van der Waals surface area contributed by atoms with E-state index in [0.29, 0.717) is 11.8 Å². The van der Waals surface area contributed by atoms with E-state index < -0.39 is 29.6 Å². The van der Waals surface area contributed by atoms with E-state index in [-0.39, 0.29) is 6.42 Å². The van der Waals surface area contributed by atoms with Crippen LogP contribution in [-0.2, 0) is 9.59 Å². The Labute approximate surface area is 96.4 Å². The first-order valence-electron chi connectivity index (χ1n) is 4.82. The molecule has 3 N–H and O–H groups in total. The van der Waals surface area contributed by atoms with Crippen molar-refractivity contribution >= 4 is 11.9 Å². The van der Waals surface area contributed by atoms with Crippen molar-refractivity contribution in [2.75, 3.05) is 7.05 Å². The lowest BCUT2D eigenvalue weighted by Gasteiger charge is -2.33. The van der Waals surface area contributed by atoms with Gasteiger partial charge in [0.2, 0.25) is 0 Å². The number of aliphatic carboxylic acids is 1. The Morgan fingerprint density at radius 3 is 2.06 bits per heavy atom. The minimum atomic E-state index is -4.94. The maximum atomic E-state index is 12.5. The minimum Gasteiger partial charge on any atom is -0.480 e. The zero-order valence-electron chi connectivity index (χ0n) is 9.71. The van der Waals surface area contributed by atoms with E-state index in [9.17, 15) is 22.8 Å². The largest absolute Gasteiger partial charge is 0.480 e. The summed E-state index contributed by atoms with van der Waals surface area (Å²) < 4.78 is 37.5. The van der Waals surface area contributed by atoms with Gasteiger partial charge in [-0.05, 0) is 13.3 Å². The third-order valence-electron chi connectivity index (χ3n) is 2.49. The molecule has 100 valence electrons. The van der Waals surface area contributed by atoms with Gasteiger partial charge in [-0.3, -0.25) is 4.79 Å². The Bertz CT molecular complexity index is 315. The van der Waals surface area contributed by atoms with E-state index >= 15 is 0 Å². The lowest BCUT2D eigenvalue weighted by molar-refractivity contribution is -0.195. The second kappa shape index (κ2) is 4.91. The van der Waals surface area contributed by atoms with E-state index in [0.717, 1.165) is 7.05 Å². The normalized spacial score (nSPS) is 17.1. The number of hydrogen-bond donors (Lipinski definition) is 2. The molecule has 0 spiro atoms. The predicted octanol–water partition coefficient (Wildman–Crippen LogP) is 0.588. The molecule has 0 aliphatic carbocycles. The molecule has 8 heteroatoms. The molecule has 0 rings (SSSR count). The summed E-state index contributed by atoms with van der Waals surface area (Å²) in [6, 6.07) is -1.33. The van der Waals surface area contributed by atoms with Crippen LogP contribution in [0.4, 0.5) is 13.2 Å². The molecule has 0 saturated carbocycles. The maximum Gasteiger partial charge on any atom is 0.415 e. The van der Waals surface area contributed by atoms with Gasteiger partial charge in [-0.15, -0.1) is 0 Å². The summed E-state index contributed by atoms with van der Waals surface area (Å²) in [5.41, 5.74) is 1.83. The highest BCUT2D eigenvalue weighted by Gasteiger charge is 2.55. The molecule has 0 aliphatic heterocycles. The number of halogens is 3. The fraction of sp³-hybridized carbons (Fsp3) is 0.778. The Morgan fingerprint density at radius 2 is 1.82 bits per heavy atom. The molecule has 5 nitrogen and oxygen atoms in total. The zero-order chi connectivity index (χ0) is 14.0. The molecule has 0 aliphatic rings. The van der Waals surface area contributed by atoms with Crippen LogP contribution in [-0.4, -0.2) is 46.7 Å². The van der Waals surface area contributed by atoms with Crippen LogP contribution in [0.1, 0.15) is 20.3 Å². The van der Waals surface area contributed by atoms with Gasteiger partial charge in [0.05, 0.1) is 0 Å². The molecule has 0 bridgehead atoms. The topological polar surface area (TPSA) is 83.6 Å². The lowest BCUT2D eigenvalue weighted by atomic mass is 10.00. The molecule has 0 fully saturated rings. The van der Waals surface area contributed by atoms with Crippen LogP contribution in [0, 0.1) is 0 Å². The average Bonchev–Trinajstić information content (AvgIpc) is 2.14. The summed E-state index contributed by atoms with van der Waals surface area (Å²) in [6.45, 7) is 1.96. The van der Waals surface area contributed by atoms with E-state index in [1.54, 1.807) is 0 Å². The quantitative estimate of drug-likeness (QED) is 0.771. The molecular weight excluding hydrogens is 241 g/mol. The van der Waals surface area contributed by atoms with Gasteiger partial charge in [0.25, 0.3) is 5.91 Å². The van der Waals surface area contributed by atoms with Crippen LogP contribution in [0.2, 0.25) is 0 Å². The van der Waals surface area contributed by atoms with Gasteiger partial charge in [-0.1, -0.05) is 6.92 Å². The van der Waals surface area contributed by atoms with Gasteiger partial charge in [0.15, 0.2) is 5.54 Å². The monoisotopic (exact) mass is 256 g/mol. The summed E-state index contributed by atoms with van der Waals surface area (Å²) >= 11 is 0. The molecule has 0 aromatic heterocycles. The summed E-state index contributed by atoms with van der Waals surface area (Å²) in [6.07, 6.45) is -4.94. The number of nitrogens with zero attached hydrogens (tertiary/aromatic N) is 1. The SMILES string of the molecule is CCC(C(=O)O)N(C)C(=O)C(C)(N)C(F)(F)F. The van der Waals surface area contributed by atoms with Gasteiger partial charge in [0, 0.05) is 7.05 Å². The third kappa shape index (κ3) is 3.09. The average molecular weight is 256 g/mol. The van der Waals surface area contributed by atoms with E-state index in [4.69, 9.17) is 10.8 Å². The predicted molar refractivity (Wildman–Crippen MR) is 53.1 cm³/mol. The summed E-state index contributed by atoms with van der Waals surface area (Å²) in [4.78, 5) is 22.8. The summed E-state index contributed by atoms with van der Waals surface area (Å²) in [5, 5.41) is 8.75. The Morgan fingerprint density at radius 1 is 1.41 bits per heavy atom. The van der Waals surface area contributed by atoms with Crippen LogP contribution in [0.3, 0.4) is 0 Å². The smallest absolute Gasteiger partial charge is 0.415 e. The van der Waals surface area contributed by atoms with Crippen LogP contribution >= 0.6 is 0 Å². The van der Waals surface area contributed by atoms with Crippen molar-refractivity contribution in [3.63, 3.8) is 0 Å². The van der Waals surface area contributed by atoms with Crippen molar-refractivity contribution in [3.8, 4) is 0 Å². The Hall–Kier alpha value is -1.31. The second-order valence-corrected chi connectivity index (χ2v) is 3.88. The molecule has 0 heterocycles. The lowest BCUT2D eigenvalue weighted by Crippen LogP contribution is -2.63. The number of carbonyl (C=O) groups excluding carboxylic acids is 1. The molecule has 2 unspecified atom stereocenters. The van der Waals surface area contributed by atoms with Crippen molar-refractivity contribution in [1.82, 2.24) is 4.90 Å². The van der Waals surface area contributed by atoms with Crippen molar-refractivity contribution in [1.29, 1.82) is 0 Å². The number of amides is 1. The first-order chi connectivity index (χ1) is 7.46. The van der Waals surface area contributed by atoms with Crippen LogP contribution in [0.5, 0.6) is 0 Å². The highest BCUT2D eigenvalue weighted by atomic mass is 19.4. The molecule has 17 heavy (non-hydrogen) atoms. The summed E-state index contributed by atoms with van der Waals surface area (Å²) in [5.74, 6) is -2.85. The van der Waals surface area contributed by atoms with Gasteiger partial charge in [0.1, 0.15) is 6.04 Å². The minimum absolute atomic E-state index is 0.00842. The van der Waals surface area contributed by atoms with Crippen molar-refractivity contribution in [3.05, 3.63) is 0 Å². The van der Waals surface area contributed by atoms with E-state index in [1.807, 2.05) is 0 Å². The number of alkyl halides is 3. The van der Waals surface area contributed by atoms with Crippen LogP contribution in [0.25, 0.3) is 0 Å². The molecule has 0 saturated heterocycles. The van der Waals surface area contributed by atoms with Gasteiger partial charge >= 0.3 is 12.1 Å². The maximum absolute atomic E-state index is 12.5. The van der Waals surface area contributed by atoms with E-state index in [1.165, 1.54) is 6.92 Å². The molecule has 2 atom stereocenters. The van der Waals surface area contributed by atoms with Crippen LogP contribution in [0.15, 0.2) is 0 Å². The molecule has 1 amide bonds. The Kier molecular flexibility index (Phi) is 4.53. The molecule has 0 aromatic rings. The number of carboxylic acid groups (broad SMARTS) is 1. The van der Waals surface area contributed by atoms with E-state index in [2.05, 4.69) is 0 Å². The van der Waals surface area contributed by atoms with Crippen molar-refractivity contribution < 1.29 is 27.9 Å². The number of nitrogens with two attached hydrogens (primary N) is 1. The number of hydrogen-bond acceptors (Lipinski definition) is 3. The second-order valence-electron chi connectivity index (χ2n) is 3.88. The fourth-order valence-corrected chi connectivity index (χ4v) is 1.24. The standard InChI is InChI=1S/C9H15F3N2O3/c1-4-5(6(15)16)14(3)7(17)8(2,13)9(10,11)12/h5H,4,13H2,1-3H3,(H,15,16). The number of carboxylic acids is 1. The van der Waals surface area contributed by atoms with Gasteiger partial charge in [-0.2, -0.15) is 13.2 Å². The zero-order valence-corrected chi connectivity index (χ0v) is 9.71. The number of rotatable bonds is 4. The highest BCUT2D eigenvalue weighted by Crippen LogP contribution is 2.29. The van der Waals surface area contributed by atoms with Crippen molar-refractivity contribution in [2.45, 2.75) is 38.0 Å². The highest BCUT2D eigenvalue weighted by molar-refractivity contribution is 5.90. The van der Waals surface area contributed by atoms with Gasteiger partial charge < -0.3 is 15.7 Å². The molecule has 0 aromatic carbocycles. The Balaban J connectivity index is 5.12. The fourth-order valence-electron chi connectivity index (χ4n) is 1.24. The first kappa shape index (κ1) is 15.7. The number of likely N-dealkylation sites (N-methyl/N-ethyl adjacent to an activating group) is 1. The summed E-state index contributed by atoms with van der Waals surface area (Å²) in [7, 11) is 0.988. The molecular formula is C9H15F3N2O3. The van der Waals surface area contributed by atoms with Crippen LogP contribution < -0.4 is 5.73 Å². The van der Waals surface area contributed by atoms with Gasteiger partial charge in [-0.25, -0.2) is 4.79 Å². The van der Waals surface area contributed by atoms with Crippen molar-refractivity contribution in [2.24, 2.45) is 5.73 Å². The molecule has 0 radical (unpaired) electrons. The number of carbonyl (C=O) groups is 2. The first-order valence-corrected chi connectivity index (χ1v) is 4.82. The third-order valence-corrected chi connectivity index (χ3v) is 2.49.